The van der Waals surface area contributed by atoms with Crippen LogP contribution in [0.2, 0.25) is 0 Å². The molecular weight excluding hydrogens is 658 g/mol. The second kappa shape index (κ2) is 12.0. The van der Waals surface area contributed by atoms with Crippen molar-refractivity contribution in [1.82, 2.24) is 19.5 Å². The van der Waals surface area contributed by atoms with Gasteiger partial charge < -0.3 is 0 Å². The highest BCUT2D eigenvalue weighted by molar-refractivity contribution is 7.80. The normalized spacial score (nSPS) is 15.0. The highest BCUT2D eigenvalue weighted by Crippen LogP contribution is 2.62. The van der Waals surface area contributed by atoms with E-state index in [-0.39, 0.29) is 0 Å². The van der Waals surface area contributed by atoms with E-state index >= 15 is 4.57 Å². The fourth-order valence-electron chi connectivity index (χ4n) is 7.58. The van der Waals surface area contributed by atoms with Crippen molar-refractivity contribution in [3.8, 4) is 39.9 Å². The fourth-order valence-corrected chi connectivity index (χ4v) is 10.6. The van der Waals surface area contributed by atoms with Crippen molar-refractivity contribution in [1.29, 1.82) is 0 Å². The Bertz CT molecular complexity index is 2760. The maximum absolute atomic E-state index is 16.0. The molecular formula is C45H30N5OP. The summed E-state index contributed by atoms with van der Waals surface area (Å²) in [6, 6.07) is 60.9. The van der Waals surface area contributed by atoms with Crippen LogP contribution in [0.25, 0.3) is 61.7 Å². The predicted octanol–water partition coefficient (Wildman–Crippen LogP) is 10.4. The summed E-state index contributed by atoms with van der Waals surface area (Å²) in [6.07, 6.45) is 0. The molecule has 0 saturated heterocycles. The van der Waals surface area contributed by atoms with E-state index in [1.54, 1.807) is 0 Å². The molecule has 0 aliphatic carbocycles. The SMILES string of the molecule is O=P1(c2ccccc2)c2ccccc2-c2c(ccc3c2c2ccccc2n3-c2nc(-c3ccccc3)nc(-c3ccccc3)n2)N1c1ccccc1. The first kappa shape index (κ1) is 30.2. The number of nitrogens with zero attached hydrogens (tertiary/aromatic N) is 5. The van der Waals surface area contributed by atoms with Crippen molar-refractivity contribution < 1.29 is 4.57 Å². The Morgan fingerprint density at radius 2 is 1.04 bits per heavy atom. The minimum Gasteiger partial charge on any atom is -0.289 e. The lowest BCUT2D eigenvalue weighted by Gasteiger charge is -2.40. The van der Waals surface area contributed by atoms with Gasteiger partial charge in [0.05, 0.1) is 16.7 Å². The predicted molar refractivity (Wildman–Crippen MR) is 212 cm³/mol. The Morgan fingerprint density at radius 3 is 1.71 bits per heavy atom. The van der Waals surface area contributed by atoms with E-state index < -0.39 is 7.29 Å². The molecule has 0 saturated carbocycles. The van der Waals surface area contributed by atoms with Gasteiger partial charge in [-0.1, -0.05) is 133 Å². The monoisotopic (exact) mass is 687 g/mol. The Kier molecular flexibility index (Phi) is 6.98. The smallest absolute Gasteiger partial charge is 0.238 e. The second-order valence-electron chi connectivity index (χ2n) is 12.8. The maximum atomic E-state index is 16.0. The summed E-state index contributed by atoms with van der Waals surface area (Å²) in [5.41, 5.74) is 7.46. The number of hydrogen-bond acceptors (Lipinski definition) is 4. The lowest BCUT2D eigenvalue weighted by molar-refractivity contribution is 0.587. The van der Waals surface area contributed by atoms with Crippen LogP contribution in [-0.4, -0.2) is 19.5 Å². The molecule has 52 heavy (non-hydrogen) atoms. The van der Waals surface area contributed by atoms with E-state index in [1.165, 1.54) is 0 Å². The van der Waals surface area contributed by atoms with Crippen LogP contribution in [0.1, 0.15) is 0 Å². The molecule has 2 aromatic heterocycles. The van der Waals surface area contributed by atoms with Crippen LogP contribution in [0.5, 0.6) is 0 Å². The van der Waals surface area contributed by atoms with E-state index in [0.29, 0.717) is 17.6 Å². The van der Waals surface area contributed by atoms with Gasteiger partial charge in [-0.15, -0.1) is 0 Å². The summed E-state index contributed by atoms with van der Waals surface area (Å²) in [7, 11) is -3.40. The quantitative estimate of drug-likeness (QED) is 0.169. The molecule has 0 spiro atoms. The van der Waals surface area contributed by atoms with Gasteiger partial charge >= 0.3 is 0 Å². The zero-order valence-corrected chi connectivity index (χ0v) is 28.8. The Hall–Kier alpha value is -6.62. The minimum atomic E-state index is -3.40. The number of benzene rings is 7. The van der Waals surface area contributed by atoms with Crippen molar-refractivity contribution in [3.05, 3.63) is 182 Å². The van der Waals surface area contributed by atoms with Crippen molar-refractivity contribution in [2.24, 2.45) is 0 Å². The maximum Gasteiger partial charge on any atom is 0.238 e. The van der Waals surface area contributed by atoms with Gasteiger partial charge in [-0.2, -0.15) is 9.97 Å². The van der Waals surface area contributed by atoms with Gasteiger partial charge in [-0.3, -0.25) is 13.8 Å². The first-order valence-corrected chi connectivity index (χ1v) is 18.9. The molecule has 1 aliphatic heterocycles. The fraction of sp³-hybridized carbons (Fsp3) is 0. The number of fused-ring (bicyclic) bond motifs is 7. The van der Waals surface area contributed by atoms with Crippen molar-refractivity contribution in [3.63, 3.8) is 0 Å². The number of anilines is 2. The average molecular weight is 688 g/mol. The molecule has 3 heterocycles. The average Bonchev–Trinajstić information content (AvgIpc) is 3.56. The zero-order valence-electron chi connectivity index (χ0n) is 27.9. The van der Waals surface area contributed by atoms with Gasteiger partial charge in [0, 0.05) is 43.8 Å². The number of aromatic nitrogens is 4. The number of hydrogen-bond donors (Lipinski definition) is 0. The summed E-state index contributed by atoms with van der Waals surface area (Å²) >= 11 is 0. The van der Waals surface area contributed by atoms with E-state index in [9.17, 15) is 0 Å². The highest BCUT2D eigenvalue weighted by atomic mass is 31.2. The molecule has 0 N–H and O–H groups in total. The Morgan fingerprint density at radius 1 is 0.481 bits per heavy atom. The molecule has 0 bridgehead atoms. The molecule has 10 rings (SSSR count). The van der Waals surface area contributed by atoms with Gasteiger partial charge in [-0.25, -0.2) is 4.98 Å². The highest BCUT2D eigenvalue weighted by Gasteiger charge is 2.43. The van der Waals surface area contributed by atoms with Crippen LogP contribution in [0.15, 0.2) is 182 Å². The molecule has 0 radical (unpaired) electrons. The summed E-state index contributed by atoms with van der Waals surface area (Å²) < 4.78 is 20.2. The van der Waals surface area contributed by atoms with E-state index in [4.69, 9.17) is 15.0 Å². The molecule has 9 aromatic rings. The lowest BCUT2D eigenvalue weighted by atomic mass is 9.96. The third kappa shape index (κ3) is 4.58. The molecule has 0 amide bonds. The summed E-state index contributed by atoms with van der Waals surface area (Å²) in [6.45, 7) is 0. The molecule has 1 unspecified atom stereocenters. The van der Waals surface area contributed by atoms with Crippen LogP contribution < -0.4 is 15.3 Å². The molecule has 0 fully saturated rings. The van der Waals surface area contributed by atoms with Gasteiger partial charge in [-0.05, 0) is 54.1 Å². The zero-order chi connectivity index (χ0) is 34.6. The van der Waals surface area contributed by atoms with Crippen LogP contribution in [0.4, 0.5) is 11.4 Å². The van der Waals surface area contributed by atoms with E-state index in [1.807, 2.05) is 140 Å². The summed E-state index contributed by atoms with van der Waals surface area (Å²) in [4.78, 5) is 15.2. The molecule has 246 valence electrons. The lowest BCUT2D eigenvalue weighted by Crippen LogP contribution is -2.33. The van der Waals surface area contributed by atoms with Gasteiger partial charge in [0.15, 0.2) is 11.6 Å². The second-order valence-corrected chi connectivity index (χ2v) is 15.3. The van der Waals surface area contributed by atoms with Crippen molar-refractivity contribution in [2.45, 2.75) is 0 Å². The van der Waals surface area contributed by atoms with Gasteiger partial charge in [0.25, 0.3) is 0 Å². The third-order valence-electron chi connectivity index (χ3n) is 9.82. The third-order valence-corrected chi connectivity index (χ3v) is 12.9. The number of para-hydroxylation sites is 2. The van der Waals surface area contributed by atoms with E-state index in [0.717, 1.165) is 66.0 Å². The molecule has 7 aromatic carbocycles. The molecule has 1 aliphatic rings. The van der Waals surface area contributed by atoms with Crippen LogP contribution in [0, 0.1) is 0 Å². The summed E-state index contributed by atoms with van der Waals surface area (Å²) in [5.74, 6) is 1.72. The first-order chi connectivity index (χ1) is 25.7. The molecule has 6 nitrogen and oxygen atoms in total. The topological polar surface area (TPSA) is 63.9 Å². The molecule has 1 atom stereocenters. The first-order valence-electron chi connectivity index (χ1n) is 17.2. The standard InChI is InChI=1S/C45H30N5OP/c51-52(34-23-11-4-12-24-34)40-28-16-14-26-36(40)42-39(50(52)33-21-9-3-10-22-33)30-29-38-41(42)35-25-13-15-27-37(35)49(38)45-47-43(31-17-5-1-6-18-31)46-44(48-45)32-19-7-2-8-20-32/h1-30H. The summed E-state index contributed by atoms with van der Waals surface area (Å²) in [5, 5.41) is 3.69. The largest absolute Gasteiger partial charge is 0.289 e. The Labute approximate surface area is 300 Å². The number of rotatable bonds is 5. The van der Waals surface area contributed by atoms with Gasteiger partial charge in [0.2, 0.25) is 13.2 Å². The van der Waals surface area contributed by atoms with Crippen LogP contribution >= 0.6 is 7.29 Å². The molecule has 7 heteroatoms. The van der Waals surface area contributed by atoms with Crippen LogP contribution in [0.3, 0.4) is 0 Å². The minimum absolute atomic E-state index is 0.526. The van der Waals surface area contributed by atoms with Crippen molar-refractivity contribution >= 4 is 51.1 Å². The van der Waals surface area contributed by atoms with E-state index in [2.05, 4.69) is 51.7 Å². The van der Waals surface area contributed by atoms with Crippen LogP contribution in [-0.2, 0) is 4.57 Å². The van der Waals surface area contributed by atoms with Gasteiger partial charge in [0.1, 0.15) is 0 Å². The van der Waals surface area contributed by atoms with Crippen molar-refractivity contribution in [2.75, 3.05) is 4.67 Å². The Balaban J connectivity index is 1.32.